The van der Waals surface area contributed by atoms with Crippen molar-refractivity contribution in [2.24, 2.45) is 0 Å². The molecule has 0 aliphatic carbocycles. The summed E-state index contributed by atoms with van der Waals surface area (Å²) in [6.07, 6.45) is -0.788. The van der Waals surface area contributed by atoms with Crippen molar-refractivity contribution in [2.45, 2.75) is 44.8 Å². The number of aryl methyl sites for hydroxylation is 1. The number of aromatic nitrogens is 1. The quantitative estimate of drug-likeness (QED) is 0.548. The zero-order valence-electron chi connectivity index (χ0n) is 17.0. The van der Waals surface area contributed by atoms with Gasteiger partial charge in [0.1, 0.15) is 0 Å². The van der Waals surface area contributed by atoms with Crippen molar-refractivity contribution >= 4 is 16.6 Å². The third-order valence-electron chi connectivity index (χ3n) is 5.84. The standard InChI is InChI=1S/C24H26F3N3/c1-16-22(18-3-2-11-28-12-10-18)13-19-6-9-21(14-23(19)30-16)29-15-17-4-7-20(8-5-17)24(25,26)27/h4-9,13-14,18,28-29H,2-3,10-12,15H2,1H3. The van der Waals surface area contributed by atoms with Crippen molar-refractivity contribution in [3.63, 3.8) is 0 Å². The Bertz CT molecular complexity index is 1000. The molecule has 2 aromatic carbocycles. The van der Waals surface area contributed by atoms with E-state index in [9.17, 15) is 13.2 Å². The topological polar surface area (TPSA) is 37.0 Å². The maximum atomic E-state index is 12.7. The minimum atomic E-state index is -4.31. The minimum absolute atomic E-state index is 0.454. The number of fused-ring (bicyclic) bond motifs is 1. The summed E-state index contributed by atoms with van der Waals surface area (Å²) < 4.78 is 38.1. The minimum Gasteiger partial charge on any atom is -0.381 e. The van der Waals surface area contributed by atoms with E-state index in [0.717, 1.165) is 59.5 Å². The Kier molecular flexibility index (Phi) is 5.95. The van der Waals surface area contributed by atoms with Crippen molar-refractivity contribution in [1.82, 2.24) is 10.3 Å². The number of alkyl halides is 3. The fourth-order valence-corrected chi connectivity index (χ4v) is 4.15. The summed E-state index contributed by atoms with van der Waals surface area (Å²) in [6.45, 7) is 4.67. The lowest BCUT2D eigenvalue weighted by Gasteiger charge is -2.17. The Hall–Kier alpha value is -2.60. The summed E-state index contributed by atoms with van der Waals surface area (Å²) in [4.78, 5) is 4.85. The van der Waals surface area contributed by atoms with Crippen LogP contribution in [0.25, 0.3) is 10.9 Å². The molecule has 1 aliphatic heterocycles. The first-order chi connectivity index (χ1) is 14.4. The van der Waals surface area contributed by atoms with Gasteiger partial charge in [0.15, 0.2) is 0 Å². The van der Waals surface area contributed by atoms with E-state index in [2.05, 4.69) is 29.7 Å². The van der Waals surface area contributed by atoms with Gasteiger partial charge in [0.05, 0.1) is 11.1 Å². The molecule has 4 rings (SSSR count). The molecule has 0 radical (unpaired) electrons. The molecule has 30 heavy (non-hydrogen) atoms. The molecule has 0 amide bonds. The lowest BCUT2D eigenvalue weighted by Crippen LogP contribution is -2.14. The fraction of sp³-hybridized carbons (Fsp3) is 0.375. The van der Waals surface area contributed by atoms with Crippen LogP contribution in [0.4, 0.5) is 18.9 Å². The largest absolute Gasteiger partial charge is 0.416 e. The highest BCUT2D eigenvalue weighted by atomic mass is 19.4. The maximum absolute atomic E-state index is 12.7. The van der Waals surface area contributed by atoms with Gasteiger partial charge >= 0.3 is 6.18 Å². The highest BCUT2D eigenvalue weighted by molar-refractivity contribution is 5.83. The number of rotatable bonds is 4. The molecular formula is C24H26F3N3. The average molecular weight is 413 g/mol. The van der Waals surface area contributed by atoms with Crippen LogP contribution in [-0.4, -0.2) is 18.1 Å². The van der Waals surface area contributed by atoms with E-state index in [1.165, 1.54) is 30.5 Å². The van der Waals surface area contributed by atoms with Gasteiger partial charge in [-0.3, -0.25) is 4.98 Å². The third-order valence-corrected chi connectivity index (χ3v) is 5.84. The summed E-state index contributed by atoms with van der Waals surface area (Å²) >= 11 is 0. The Morgan fingerprint density at radius 1 is 1.03 bits per heavy atom. The molecule has 3 aromatic rings. The number of halogens is 3. The number of hydrogen-bond acceptors (Lipinski definition) is 3. The smallest absolute Gasteiger partial charge is 0.381 e. The van der Waals surface area contributed by atoms with Crippen LogP contribution in [0, 0.1) is 6.92 Å². The van der Waals surface area contributed by atoms with Crippen molar-refractivity contribution in [2.75, 3.05) is 18.4 Å². The van der Waals surface area contributed by atoms with E-state index in [1.807, 2.05) is 12.1 Å². The van der Waals surface area contributed by atoms with E-state index >= 15 is 0 Å². The van der Waals surface area contributed by atoms with E-state index < -0.39 is 11.7 Å². The Morgan fingerprint density at radius 3 is 2.60 bits per heavy atom. The molecule has 1 aliphatic rings. The summed E-state index contributed by atoms with van der Waals surface area (Å²) in [7, 11) is 0. The Balaban J connectivity index is 1.48. The van der Waals surface area contributed by atoms with Crippen LogP contribution >= 0.6 is 0 Å². The summed E-state index contributed by atoms with van der Waals surface area (Å²) in [5.41, 5.74) is 4.42. The first kappa shape index (κ1) is 20.7. The van der Waals surface area contributed by atoms with Crippen LogP contribution in [0.15, 0.2) is 48.5 Å². The molecule has 2 heterocycles. The summed E-state index contributed by atoms with van der Waals surface area (Å²) in [5, 5.41) is 7.87. The molecule has 158 valence electrons. The fourth-order valence-electron chi connectivity index (χ4n) is 4.15. The van der Waals surface area contributed by atoms with Gasteiger partial charge in [-0.05, 0) is 86.7 Å². The maximum Gasteiger partial charge on any atom is 0.416 e. The van der Waals surface area contributed by atoms with E-state index in [1.54, 1.807) is 0 Å². The number of hydrogen-bond donors (Lipinski definition) is 2. The number of anilines is 1. The summed E-state index contributed by atoms with van der Waals surface area (Å²) in [6, 6.07) is 13.6. The molecule has 0 bridgehead atoms. The SMILES string of the molecule is Cc1nc2cc(NCc3ccc(C(F)(F)F)cc3)ccc2cc1C1CCCNCC1. The lowest BCUT2D eigenvalue weighted by molar-refractivity contribution is -0.137. The highest BCUT2D eigenvalue weighted by Gasteiger charge is 2.29. The number of nitrogens with zero attached hydrogens (tertiary/aromatic N) is 1. The van der Waals surface area contributed by atoms with Gasteiger partial charge < -0.3 is 10.6 Å². The molecule has 1 fully saturated rings. The van der Waals surface area contributed by atoms with Crippen molar-refractivity contribution < 1.29 is 13.2 Å². The molecule has 0 spiro atoms. The first-order valence-corrected chi connectivity index (χ1v) is 10.4. The number of benzene rings is 2. The van der Waals surface area contributed by atoms with Crippen molar-refractivity contribution in [3.8, 4) is 0 Å². The highest BCUT2D eigenvalue weighted by Crippen LogP contribution is 2.31. The molecule has 1 atom stereocenters. The zero-order valence-corrected chi connectivity index (χ0v) is 17.0. The molecule has 6 heteroatoms. The van der Waals surface area contributed by atoms with Gasteiger partial charge in [0.25, 0.3) is 0 Å². The normalized spacial score (nSPS) is 17.7. The first-order valence-electron chi connectivity index (χ1n) is 10.4. The van der Waals surface area contributed by atoms with E-state index in [0.29, 0.717) is 12.5 Å². The van der Waals surface area contributed by atoms with E-state index in [-0.39, 0.29) is 0 Å². The van der Waals surface area contributed by atoms with Crippen molar-refractivity contribution in [1.29, 1.82) is 0 Å². The van der Waals surface area contributed by atoms with Crippen LogP contribution in [-0.2, 0) is 12.7 Å². The van der Waals surface area contributed by atoms with Gasteiger partial charge in [0.2, 0.25) is 0 Å². The second-order valence-corrected chi connectivity index (χ2v) is 8.00. The van der Waals surface area contributed by atoms with Crippen LogP contribution in [0.5, 0.6) is 0 Å². The molecule has 3 nitrogen and oxygen atoms in total. The van der Waals surface area contributed by atoms with Gasteiger partial charge in [-0.15, -0.1) is 0 Å². The molecular weight excluding hydrogens is 387 g/mol. The van der Waals surface area contributed by atoms with Gasteiger partial charge in [0, 0.05) is 23.3 Å². The Labute approximate surface area is 174 Å². The molecule has 2 N–H and O–H groups in total. The molecule has 1 aromatic heterocycles. The molecule has 1 unspecified atom stereocenters. The van der Waals surface area contributed by atoms with Crippen molar-refractivity contribution in [3.05, 3.63) is 70.9 Å². The van der Waals surface area contributed by atoms with Gasteiger partial charge in [-0.25, -0.2) is 0 Å². The monoisotopic (exact) mass is 413 g/mol. The predicted molar refractivity (Wildman–Crippen MR) is 115 cm³/mol. The number of pyridine rings is 1. The van der Waals surface area contributed by atoms with Crippen LogP contribution in [0.1, 0.15) is 47.6 Å². The number of nitrogens with one attached hydrogen (secondary N) is 2. The van der Waals surface area contributed by atoms with Crippen LogP contribution < -0.4 is 10.6 Å². The average Bonchev–Trinajstić information content (AvgIpc) is 3.00. The second kappa shape index (κ2) is 8.64. The Morgan fingerprint density at radius 2 is 1.83 bits per heavy atom. The zero-order chi connectivity index (χ0) is 21.1. The molecule has 1 saturated heterocycles. The van der Waals surface area contributed by atoms with Crippen LogP contribution in [0.3, 0.4) is 0 Å². The second-order valence-electron chi connectivity index (χ2n) is 8.00. The lowest BCUT2D eigenvalue weighted by atomic mass is 9.90. The predicted octanol–water partition coefficient (Wildman–Crippen LogP) is 6.03. The van der Waals surface area contributed by atoms with Crippen LogP contribution in [0.2, 0.25) is 0 Å². The third kappa shape index (κ3) is 4.75. The molecule has 0 saturated carbocycles. The summed E-state index contributed by atoms with van der Waals surface area (Å²) in [5.74, 6) is 0.550. The van der Waals surface area contributed by atoms with Gasteiger partial charge in [-0.1, -0.05) is 18.2 Å². The van der Waals surface area contributed by atoms with E-state index in [4.69, 9.17) is 4.98 Å². The van der Waals surface area contributed by atoms with Gasteiger partial charge in [-0.2, -0.15) is 13.2 Å².